The molecule has 0 fully saturated rings. The average molecular weight is 371 g/mol. The quantitative estimate of drug-likeness (QED) is 0.721. The molecule has 1 aromatic carbocycles. The Kier molecular flexibility index (Phi) is 5.37. The summed E-state index contributed by atoms with van der Waals surface area (Å²) in [6, 6.07) is 10.5. The Bertz CT molecular complexity index is 869. The van der Waals surface area contributed by atoms with Crippen molar-refractivity contribution >= 4 is 33.4 Å². The molecule has 0 spiro atoms. The fraction of sp³-hybridized carbons (Fsp3) is 0.316. The van der Waals surface area contributed by atoms with Crippen LogP contribution >= 0.6 is 11.3 Å². The first-order chi connectivity index (χ1) is 12.5. The molecule has 2 aromatic heterocycles. The largest absolute Gasteiger partial charge is 0.459 e. The molecule has 0 aliphatic heterocycles. The maximum Gasteiger partial charge on any atom is 0.287 e. The Labute approximate surface area is 155 Å². The first-order valence-electron chi connectivity index (χ1n) is 8.39. The third kappa shape index (κ3) is 3.94. The van der Waals surface area contributed by atoms with Crippen molar-refractivity contribution in [1.82, 2.24) is 15.2 Å². The lowest BCUT2D eigenvalue weighted by atomic mass is 10.0. The van der Waals surface area contributed by atoms with Crippen LogP contribution in [0.4, 0.5) is 0 Å². The topological polar surface area (TPSA) is 75.4 Å². The minimum atomic E-state index is -0.632. The van der Waals surface area contributed by atoms with Gasteiger partial charge in [-0.15, -0.1) is 11.3 Å². The van der Waals surface area contributed by atoms with Gasteiger partial charge in [0.15, 0.2) is 5.76 Å². The lowest BCUT2D eigenvalue weighted by Gasteiger charge is -2.26. The Morgan fingerprint density at radius 1 is 1.23 bits per heavy atom. The molecule has 6 nitrogen and oxygen atoms in total. The Morgan fingerprint density at radius 3 is 2.65 bits per heavy atom. The minimum Gasteiger partial charge on any atom is -0.459 e. The molecule has 3 rings (SSSR count). The van der Waals surface area contributed by atoms with Gasteiger partial charge in [-0.25, -0.2) is 4.98 Å². The molecule has 0 aliphatic carbocycles. The number of likely N-dealkylation sites (N-methyl/N-ethyl adjacent to an activating group) is 1. The van der Waals surface area contributed by atoms with Crippen molar-refractivity contribution in [3.63, 3.8) is 0 Å². The molecule has 1 atom stereocenters. The SMILES string of the molecule is CC(C)[C@H](NC(=O)c1ccco1)C(=O)N(C)Cc1nc2ccccc2s1. The van der Waals surface area contributed by atoms with E-state index in [1.54, 1.807) is 35.4 Å². The van der Waals surface area contributed by atoms with Crippen molar-refractivity contribution in [1.29, 1.82) is 0 Å². The lowest BCUT2D eigenvalue weighted by Crippen LogP contribution is -2.49. The van der Waals surface area contributed by atoms with E-state index in [4.69, 9.17) is 4.42 Å². The van der Waals surface area contributed by atoms with Crippen LogP contribution in [0, 0.1) is 5.92 Å². The van der Waals surface area contributed by atoms with Gasteiger partial charge in [0.05, 0.1) is 23.0 Å². The zero-order chi connectivity index (χ0) is 18.7. The van der Waals surface area contributed by atoms with Crippen molar-refractivity contribution in [3.8, 4) is 0 Å². The first kappa shape index (κ1) is 18.1. The van der Waals surface area contributed by atoms with Crippen LogP contribution in [0.3, 0.4) is 0 Å². The van der Waals surface area contributed by atoms with Gasteiger partial charge in [0.1, 0.15) is 11.0 Å². The molecule has 136 valence electrons. The zero-order valence-electron chi connectivity index (χ0n) is 14.9. The average Bonchev–Trinajstić information content (AvgIpc) is 3.27. The van der Waals surface area contributed by atoms with Crippen LogP contribution in [0.15, 0.2) is 47.1 Å². The molecule has 0 saturated carbocycles. The van der Waals surface area contributed by atoms with E-state index in [0.717, 1.165) is 15.2 Å². The molecule has 0 aliphatic rings. The number of fused-ring (bicyclic) bond motifs is 1. The van der Waals surface area contributed by atoms with Crippen LogP contribution < -0.4 is 5.32 Å². The van der Waals surface area contributed by atoms with E-state index >= 15 is 0 Å². The highest BCUT2D eigenvalue weighted by molar-refractivity contribution is 7.18. The number of benzene rings is 1. The minimum absolute atomic E-state index is 0.0563. The van der Waals surface area contributed by atoms with E-state index in [9.17, 15) is 9.59 Å². The Balaban J connectivity index is 1.70. The van der Waals surface area contributed by atoms with Crippen LogP contribution in [0.1, 0.15) is 29.4 Å². The number of amides is 2. The highest BCUT2D eigenvalue weighted by atomic mass is 32.1. The van der Waals surface area contributed by atoms with Crippen LogP contribution in [0.2, 0.25) is 0 Å². The summed E-state index contributed by atoms with van der Waals surface area (Å²) in [7, 11) is 1.73. The number of nitrogens with one attached hydrogen (secondary N) is 1. The van der Waals surface area contributed by atoms with E-state index in [1.807, 2.05) is 38.1 Å². The number of carbonyl (C=O) groups excluding carboxylic acids is 2. The summed E-state index contributed by atoms with van der Waals surface area (Å²) in [5.41, 5.74) is 0.930. The van der Waals surface area contributed by atoms with Crippen molar-refractivity contribution in [2.75, 3.05) is 7.05 Å². The number of para-hydroxylation sites is 1. The van der Waals surface area contributed by atoms with Gasteiger partial charge in [0.25, 0.3) is 5.91 Å². The zero-order valence-corrected chi connectivity index (χ0v) is 15.7. The Hall–Kier alpha value is -2.67. The van der Waals surface area contributed by atoms with Gasteiger partial charge in [0, 0.05) is 7.05 Å². The fourth-order valence-electron chi connectivity index (χ4n) is 2.64. The maximum absolute atomic E-state index is 12.9. The van der Waals surface area contributed by atoms with Crippen molar-refractivity contribution < 1.29 is 14.0 Å². The van der Waals surface area contributed by atoms with Crippen LogP contribution in [-0.2, 0) is 11.3 Å². The van der Waals surface area contributed by atoms with Gasteiger partial charge in [-0.1, -0.05) is 26.0 Å². The van der Waals surface area contributed by atoms with E-state index in [1.165, 1.54) is 6.26 Å². The molecule has 1 N–H and O–H groups in total. The predicted octanol–water partition coefficient (Wildman–Crippen LogP) is 3.30. The molecule has 0 unspecified atom stereocenters. The molecule has 7 heteroatoms. The van der Waals surface area contributed by atoms with E-state index in [2.05, 4.69) is 10.3 Å². The van der Waals surface area contributed by atoms with E-state index in [0.29, 0.717) is 6.54 Å². The number of rotatable bonds is 6. The highest BCUT2D eigenvalue weighted by Crippen LogP contribution is 2.22. The van der Waals surface area contributed by atoms with Crippen LogP contribution in [0.25, 0.3) is 10.2 Å². The van der Waals surface area contributed by atoms with Gasteiger partial charge in [0.2, 0.25) is 5.91 Å². The lowest BCUT2D eigenvalue weighted by molar-refractivity contribution is -0.133. The Morgan fingerprint density at radius 2 is 2.00 bits per heavy atom. The van der Waals surface area contributed by atoms with Crippen LogP contribution in [0.5, 0.6) is 0 Å². The smallest absolute Gasteiger partial charge is 0.287 e. The summed E-state index contributed by atoms with van der Waals surface area (Å²) >= 11 is 1.57. The summed E-state index contributed by atoms with van der Waals surface area (Å²) in [6.07, 6.45) is 1.43. The van der Waals surface area contributed by atoms with E-state index < -0.39 is 11.9 Å². The molecule has 26 heavy (non-hydrogen) atoms. The number of hydrogen-bond donors (Lipinski definition) is 1. The molecular weight excluding hydrogens is 350 g/mol. The number of furan rings is 1. The molecule has 2 amide bonds. The van der Waals surface area contributed by atoms with Crippen molar-refractivity contribution in [2.45, 2.75) is 26.4 Å². The predicted molar refractivity (Wildman–Crippen MR) is 101 cm³/mol. The van der Waals surface area contributed by atoms with Crippen LogP contribution in [-0.4, -0.2) is 34.8 Å². The van der Waals surface area contributed by atoms with E-state index in [-0.39, 0.29) is 17.6 Å². The first-order valence-corrected chi connectivity index (χ1v) is 9.21. The van der Waals surface area contributed by atoms with Gasteiger partial charge < -0.3 is 14.6 Å². The number of carbonyl (C=O) groups is 2. The fourth-order valence-corrected chi connectivity index (χ4v) is 3.66. The summed E-state index contributed by atoms with van der Waals surface area (Å²) in [6.45, 7) is 4.20. The number of thiazole rings is 1. The molecule has 3 aromatic rings. The number of nitrogens with zero attached hydrogens (tertiary/aromatic N) is 2. The maximum atomic E-state index is 12.9. The summed E-state index contributed by atoms with van der Waals surface area (Å²) in [5.74, 6) is -0.411. The standard InChI is InChI=1S/C19H21N3O3S/c1-12(2)17(21-18(23)14-8-6-10-25-14)19(24)22(3)11-16-20-13-7-4-5-9-15(13)26-16/h4-10,12,17H,11H2,1-3H3,(H,21,23)/t17-/m0/s1. The number of aromatic nitrogens is 1. The normalized spacial score (nSPS) is 12.3. The molecule has 0 saturated heterocycles. The second kappa shape index (κ2) is 7.70. The second-order valence-electron chi connectivity index (χ2n) is 6.44. The second-order valence-corrected chi connectivity index (χ2v) is 7.56. The molecular formula is C19H21N3O3S. The van der Waals surface area contributed by atoms with Gasteiger partial charge in [-0.05, 0) is 30.2 Å². The third-order valence-electron chi connectivity index (χ3n) is 4.05. The summed E-state index contributed by atoms with van der Waals surface area (Å²) in [5, 5.41) is 3.63. The molecule has 0 bridgehead atoms. The van der Waals surface area contributed by atoms with Crippen molar-refractivity contribution in [2.24, 2.45) is 5.92 Å². The highest BCUT2D eigenvalue weighted by Gasteiger charge is 2.28. The third-order valence-corrected chi connectivity index (χ3v) is 5.07. The summed E-state index contributed by atoms with van der Waals surface area (Å²) in [4.78, 5) is 31.3. The van der Waals surface area contributed by atoms with Gasteiger partial charge in [-0.2, -0.15) is 0 Å². The van der Waals surface area contributed by atoms with Gasteiger partial charge >= 0.3 is 0 Å². The number of hydrogen-bond acceptors (Lipinski definition) is 5. The van der Waals surface area contributed by atoms with Gasteiger partial charge in [-0.3, -0.25) is 9.59 Å². The molecule has 2 heterocycles. The summed E-state index contributed by atoms with van der Waals surface area (Å²) < 4.78 is 6.19. The molecule has 0 radical (unpaired) electrons. The monoisotopic (exact) mass is 371 g/mol. The van der Waals surface area contributed by atoms with Crippen molar-refractivity contribution in [3.05, 3.63) is 53.4 Å².